The Balaban J connectivity index is 0.000000496. The SMILES string of the molecule is CCC(CC)C(=O)/C=C(\O)C(CC)CC.[2H]C([2H])([2H])c1cc(C([2H])([2H])C(C)(C)C(F)(F)F)ccc1-c1cc2ccnc(-c3[c-]c4ccccc4c(C(C)(C)C)c3)c2s1.[Ir]. The molecule has 5 rings (SSSR count). The molecule has 0 spiro atoms. The molecular formula is C46H55F3IrNO2S-. The number of aromatic nitrogens is 1. The number of rotatable bonds is 11. The van der Waals surface area contributed by atoms with Gasteiger partial charge in [0.2, 0.25) is 0 Å². The van der Waals surface area contributed by atoms with E-state index in [1.54, 1.807) is 6.20 Å². The molecule has 0 fully saturated rings. The molecule has 0 atom stereocenters. The van der Waals surface area contributed by atoms with E-state index in [0.29, 0.717) is 16.1 Å². The first-order chi connectivity index (χ1) is 26.8. The molecule has 0 bridgehead atoms. The average molecular weight is 940 g/mol. The summed E-state index contributed by atoms with van der Waals surface area (Å²) in [4.78, 5) is 17.0. The molecular weight excluding hydrogens is 880 g/mol. The smallest absolute Gasteiger partial charge is 0.394 e. The third-order valence-corrected chi connectivity index (χ3v) is 11.0. The zero-order valence-corrected chi connectivity index (χ0v) is 35.8. The number of halogens is 3. The van der Waals surface area contributed by atoms with E-state index < -0.39 is 24.8 Å². The molecule has 2 heterocycles. The van der Waals surface area contributed by atoms with E-state index in [-0.39, 0.29) is 60.0 Å². The van der Waals surface area contributed by atoms with Crippen LogP contribution in [-0.4, -0.2) is 22.1 Å². The van der Waals surface area contributed by atoms with Crippen LogP contribution >= 0.6 is 11.3 Å². The summed E-state index contributed by atoms with van der Waals surface area (Å²) in [6, 6.07) is 21.1. The largest absolute Gasteiger partial charge is 0.512 e. The molecule has 1 radical (unpaired) electrons. The third kappa shape index (κ3) is 10.5. The summed E-state index contributed by atoms with van der Waals surface area (Å²) in [6.45, 7) is 13.4. The van der Waals surface area contributed by atoms with Crippen molar-refractivity contribution in [2.45, 2.75) is 113 Å². The number of carbonyl (C=O) groups excluding carboxylic acids is 1. The molecule has 8 heteroatoms. The van der Waals surface area contributed by atoms with Crippen molar-refractivity contribution < 1.29 is 50.0 Å². The van der Waals surface area contributed by atoms with Gasteiger partial charge in [-0.2, -0.15) is 13.2 Å². The summed E-state index contributed by atoms with van der Waals surface area (Å²) >= 11 is 1.34. The molecule has 3 nitrogen and oxygen atoms in total. The number of aliphatic hydroxyl groups is 1. The summed E-state index contributed by atoms with van der Waals surface area (Å²) in [5.41, 5.74) is -0.502. The molecule has 5 aromatic rings. The Bertz CT molecular complexity index is 2270. The van der Waals surface area contributed by atoms with Crippen LogP contribution in [0.4, 0.5) is 13.2 Å². The number of hydrogen-bond acceptors (Lipinski definition) is 4. The van der Waals surface area contributed by atoms with E-state index in [0.717, 1.165) is 77.6 Å². The predicted molar refractivity (Wildman–Crippen MR) is 218 cm³/mol. The Morgan fingerprint density at radius 3 is 2.19 bits per heavy atom. The van der Waals surface area contributed by atoms with E-state index in [2.05, 4.69) is 39.0 Å². The van der Waals surface area contributed by atoms with Crippen LogP contribution in [0.25, 0.3) is 42.6 Å². The number of allylic oxidation sites excluding steroid dienone is 2. The molecule has 1 N–H and O–H groups in total. The quantitative estimate of drug-likeness (QED) is 0.0815. The van der Waals surface area contributed by atoms with Gasteiger partial charge in [-0.1, -0.05) is 110 Å². The maximum absolute atomic E-state index is 13.8. The summed E-state index contributed by atoms with van der Waals surface area (Å²) in [5, 5.41) is 12.7. The Morgan fingerprint density at radius 1 is 0.944 bits per heavy atom. The van der Waals surface area contributed by atoms with Gasteiger partial charge in [0.05, 0.1) is 11.2 Å². The van der Waals surface area contributed by atoms with E-state index in [1.807, 2.05) is 58.0 Å². The normalized spacial score (nSPS) is 14.5. The Morgan fingerprint density at radius 2 is 1.59 bits per heavy atom. The predicted octanol–water partition coefficient (Wildman–Crippen LogP) is 14.2. The first-order valence-electron chi connectivity index (χ1n) is 20.8. The van der Waals surface area contributed by atoms with Crippen molar-refractivity contribution in [3.05, 3.63) is 101 Å². The number of aliphatic hydroxyl groups excluding tert-OH is 1. The number of fused-ring (bicyclic) bond motifs is 2. The molecule has 0 aliphatic carbocycles. The molecule has 54 heavy (non-hydrogen) atoms. The first-order valence-corrected chi connectivity index (χ1v) is 19.2. The summed E-state index contributed by atoms with van der Waals surface area (Å²) < 4.78 is 83.6. The molecule has 0 saturated carbocycles. The van der Waals surface area contributed by atoms with Gasteiger partial charge in [-0.15, -0.1) is 40.5 Å². The molecule has 0 aliphatic rings. The molecule has 0 amide bonds. The second-order valence-corrected chi connectivity index (χ2v) is 16.1. The minimum Gasteiger partial charge on any atom is -0.512 e. The Labute approximate surface area is 344 Å². The Hall–Kier alpha value is -3.32. The van der Waals surface area contributed by atoms with Crippen LogP contribution in [0.15, 0.2) is 78.7 Å². The summed E-state index contributed by atoms with van der Waals surface area (Å²) in [7, 11) is 0. The minimum absolute atomic E-state index is 0. The van der Waals surface area contributed by atoms with Gasteiger partial charge < -0.3 is 5.11 Å². The first kappa shape index (κ1) is 37.6. The number of pyridine rings is 1. The summed E-state index contributed by atoms with van der Waals surface area (Å²) in [6.07, 6.45) is -1.13. The molecule has 0 aliphatic heterocycles. The number of alkyl halides is 3. The van der Waals surface area contributed by atoms with Gasteiger partial charge in [0.25, 0.3) is 0 Å². The van der Waals surface area contributed by atoms with Crippen molar-refractivity contribution >= 4 is 38.0 Å². The maximum atomic E-state index is 13.8. The van der Waals surface area contributed by atoms with Crippen molar-refractivity contribution in [1.82, 2.24) is 4.98 Å². The van der Waals surface area contributed by atoms with Crippen molar-refractivity contribution in [3.63, 3.8) is 0 Å². The zero-order valence-electron chi connectivity index (χ0n) is 37.6. The zero-order chi connectivity index (χ0) is 43.6. The van der Waals surface area contributed by atoms with Gasteiger partial charge in [0, 0.05) is 66.3 Å². The number of thiophene rings is 1. The fourth-order valence-electron chi connectivity index (χ4n) is 6.32. The number of aryl methyl sites for hydroxylation is 1. The number of hydrogen-bond donors (Lipinski definition) is 1. The topological polar surface area (TPSA) is 50.2 Å². The van der Waals surface area contributed by atoms with E-state index in [1.165, 1.54) is 29.5 Å². The molecule has 0 unspecified atom stereocenters. The average Bonchev–Trinajstić information content (AvgIpc) is 3.59. The van der Waals surface area contributed by atoms with Crippen LogP contribution < -0.4 is 0 Å². The van der Waals surface area contributed by atoms with Crippen molar-refractivity contribution in [2.24, 2.45) is 17.3 Å². The van der Waals surface area contributed by atoms with Crippen LogP contribution in [0.1, 0.15) is 112 Å². The number of nitrogens with zero attached hydrogens (tertiary/aromatic N) is 1. The van der Waals surface area contributed by atoms with Gasteiger partial charge in [-0.25, -0.2) is 0 Å². The molecule has 0 saturated heterocycles. The van der Waals surface area contributed by atoms with Crippen LogP contribution in [0.5, 0.6) is 0 Å². The molecule has 2 aromatic heterocycles. The fraction of sp³-hybridized carbons (Fsp3) is 0.435. The Kier molecular flexibility index (Phi) is 12.9. The van der Waals surface area contributed by atoms with Crippen LogP contribution in [0, 0.1) is 30.2 Å². The fourth-order valence-corrected chi connectivity index (χ4v) is 7.51. The van der Waals surface area contributed by atoms with Gasteiger partial charge >= 0.3 is 6.18 Å². The minimum atomic E-state index is -4.85. The number of ketones is 1. The van der Waals surface area contributed by atoms with Crippen molar-refractivity contribution in [2.75, 3.05) is 0 Å². The number of benzene rings is 3. The van der Waals surface area contributed by atoms with Gasteiger partial charge in [-0.05, 0) is 78.5 Å². The third-order valence-electron chi connectivity index (χ3n) is 9.80. The van der Waals surface area contributed by atoms with Gasteiger partial charge in [0.1, 0.15) is 0 Å². The van der Waals surface area contributed by atoms with Crippen LogP contribution in [-0.2, 0) is 36.7 Å². The number of carbonyl (C=O) groups is 1. The standard InChI is InChI=1S/C33H31F3NS.C13H24O2.Ir/c1-20-15-21(19-32(5,6)33(34,35)36)11-12-25(20)28-18-23-13-14-37-29(30(23)38-28)24-16-22-9-7-8-10-26(22)27(17-24)31(2,3)4;1-5-10(6-2)12(14)9-13(15)11(7-3)8-4;/h7-15,17-18H,19H2,1-6H3;9-11,14H,5-8H2,1-4H3;/q-1;;/b;12-9-;/i1D3,19D2;;. The maximum Gasteiger partial charge on any atom is 0.394 e. The second kappa shape index (κ2) is 18.5. The molecule has 293 valence electrons. The van der Waals surface area contributed by atoms with Gasteiger partial charge in [0.15, 0.2) is 5.78 Å². The van der Waals surface area contributed by atoms with Gasteiger partial charge in [-0.3, -0.25) is 9.78 Å². The van der Waals surface area contributed by atoms with E-state index >= 15 is 0 Å². The molecule has 3 aromatic carbocycles. The summed E-state index contributed by atoms with van der Waals surface area (Å²) in [5.74, 6) is 0.547. The van der Waals surface area contributed by atoms with Crippen LogP contribution in [0.3, 0.4) is 0 Å². The van der Waals surface area contributed by atoms with Crippen molar-refractivity contribution in [3.8, 4) is 21.7 Å². The van der Waals surface area contributed by atoms with Crippen LogP contribution in [0.2, 0.25) is 0 Å². The second-order valence-electron chi connectivity index (χ2n) is 15.1. The van der Waals surface area contributed by atoms with Crippen molar-refractivity contribution in [1.29, 1.82) is 0 Å². The van der Waals surface area contributed by atoms with E-state index in [9.17, 15) is 23.1 Å². The monoisotopic (exact) mass is 940 g/mol. The van der Waals surface area contributed by atoms with E-state index in [4.69, 9.17) is 11.8 Å².